The van der Waals surface area contributed by atoms with E-state index in [1.165, 1.54) is 0 Å². The summed E-state index contributed by atoms with van der Waals surface area (Å²) in [6.45, 7) is 3.37. The Kier molecular flexibility index (Phi) is 2.00. The van der Waals surface area contributed by atoms with Crippen LogP contribution in [0.4, 0.5) is 5.82 Å². The van der Waals surface area contributed by atoms with Crippen LogP contribution < -0.4 is 0 Å². The minimum Gasteiger partial charge on any atom is -0.330 e. The molecule has 0 spiro atoms. The summed E-state index contributed by atoms with van der Waals surface area (Å²) in [5, 5.41) is 0.713. The Bertz CT molecular complexity index is 206. The molecule has 0 aliphatic heterocycles. The average molecular weight is 188 g/mol. The highest BCUT2D eigenvalue weighted by Gasteiger charge is 1.98. The molecule has 1 rings (SSSR count). The molecule has 0 aliphatic rings. The zero-order valence-electron chi connectivity index (χ0n) is 4.76. The zero-order chi connectivity index (χ0) is 6.69. The molecular weight excluding hydrogens is 182 g/mol. The molecular formula is C5H6BrN3. The normalized spacial score (nSPS) is 9.44. The topological polar surface area (TPSA) is 41.0 Å². The van der Waals surface area contributed by atoms with Crippen LogP contribution in [0.3, 0.4) is 0 Å². The van der Waals surface area contributed by atoms with Gasteiger partial charge in [0.15, 0.2) is 5.82 Å². The van der Waals surface area contributed by atoms with E-state index < -0.39 is 0 Å². The summed E-state index contributed by atoms with van der Waals surface area (Å²) in [6.07, 6.45) is 1.60. The first-order valence-electron chi connectivity index (χ1n) is 2.43. The molecule has 0 saturated heterocycles. The van der Waals surface area contributed by atoms with Gasteiger partial charge >= 0.3 is 0 Å². The minimum absolute atomic E-state index is 0.713. The van der Waals surface area contributed by atoms with Gasteiger partial charge in [-0.2, -0.15) is 0 Å². The summed E-state index contributed by atoms with van der Waals surface area (Å²) in [4.78, 5) is 10.5. The minimum atomic E-state index is 0.713. The van der Waals surface area contributed by atoms with Gasteiger partial charge in [-0.25, -0.2) is 9.98 Å². The van der Waals surface area contributed by atoms with Gasteiger partial charge < -0.3 is 4.98 Å². The van der Waals surface area contributed by atoms with Gasteiger partial charge in [-0.1, -0.05) is 15.9 Å². The van der Waals surface area contributed by atoms with Gasteiger partial charge in [-0.05, 0) is 6.72 Å². The predicted molar refractivity (Wildman–Crippen MR) is 40.4 cm³/mol. The number of aromatic amines is 1. The molecule has 48 valence electrons. The van der Waals surface area contributed by atoms with Crippen molar-refractivity contribution in [3.63, 3.8) is 0 Å². The molecule has 0 aliphatic carbocycles. The predicted octanol–water partition coefficient (Wildman–Crippen LogP) is 1.64. The van der Waals surface area contributed by atoms with Gasteiger partial charge in [0, 0.05) is 5.33 Å². The maximum atomic E-state index is 3.97. The third-order valence-corrected chi connectivity index (χ3v) is 1.51. The van der Waals surface area contributed by atoms with Crippen LogP contribution in [0.1, 0.15) is 5.69 Å². The maximum absolute atomic E-state index is 3.97. The number of rotatable bonds is 2. The maximum Gasteiger partial charge on any atom is 0.153 e. The summed E-state index contributed by atoms with van der Waals surface area (Å²) in [5.41, 5.74) is 0.894. The molecule has 1 aromatic rings. The first-order chi connectivity index (χ1) is 4.38. The molecule has 0 saturated carbocycles. The van der Waals surface area contributed by atoms with E-state index in [1.807, 2.05) is 0 Å². The summed E-state index contributed by atoms with van der Waals surface area (Å²) >= 11 is 3.26. The van der Waals surface area contributed by atoms with Crippen molar-refractivity contribution >= 4 is 28.5 Å². The highest BCUT2D eigenvalue weighted by molar-refractivity contribution is 9.08. The Morgan fingerprint density at radius 3 is 3.11 bits per heavy atom. The van der Waals surface area contributed by atoms with Crippen molar-refractivity contribution in [2.75, 3.05) is 0 Å². The third kappa shape index (κ3) is 1.18. The Morgan fingerprint density at radius 1 is 1.89 bits per heavy atom. The molecule has 4 heteroatoms. The molecule has 0 amide bonds. The molecule has 9 heavy (non-hydrogen) atoms. The third-order valence-electron chi connectivity index (χ3n) is 0.980. The lowest BCUT2D eigenvalue weighted by Crippen LogP contribution is -1.74. The molecule has 1 N–H and O–H groups in total. The lowest BCUT2D eigenvalue weighted by Gasteiger charge is -1.86. The lowest BCUT2D eigenvalue weighted by molar-refractivity contribution is 1.23. The fourth-order valence-corrected chi connectivity index (χ4v) is 0.961. The molecule has 3 nitrogen and oxygen atoms in total. The highest BCUT2D eigenvalue weighted by atomic mass is 79.9. The molecule has 1 aromatic heterocycles. The Morgan fingerprint density at radius 2 is 2.67 bits per heavy atom. The summed E-state index contributed by atoms with van der Waals surface area (Å²) in [5.74, 6) is 0.742. The molecule has 0 bridgehead atoms. The number of H-pyrrole nitrogens is 1. The summed E-state index contributed by atoms with van der Waals surface area (Å²) in [6, 6.07) is 0. The van der Waals surface area contributed by atoms with E-state index in [-0.39, 0.29) is 0 Å². The van der Waals surface area contributed by atoms with Crippen LogP contribution >= 0.6 is 15.9 Å². The second-order valence-corrected chi connectivity index (χ2v) is 2.05. The molecule has 0 aromatic carbocycles. The SMILES string of the molecule is C=Nc1[nH]cnc1CBr. The zero-order valence-corrected chi connectivity index (χ0v) is 6.35. The van der Waals surface area contributed by atoms with Crippen LogP contribution in [0.2, 0.25) is 0 Å². The smallest absolute Gasteiger partial charge is 0.153 e. The van der Waals surface area contributed by atoms with E-state index in [0.29, 0.717) is 5.33 Å². The van der Waals surface area contributed by atoms with Crippen LogP contribution in [-0.2, 0) is 5.33 Å². The Balaban J connectivity index is 2.98. The van der Waals surface area contributed by atoms with E-state index in [0.717, 1.165) is 11.5 Å². The van der Waals surface area contributed by atoms with Crippen LogP contribution in [0.25, 0.3) is 0 Å². The Labute approximate surface area is 61.4 Å². The van der Waals surface area contributed by atoms with Crippen molar-refractivity contribution in [3.05, 3.63) is 12.0 Å². The fraction of sp³-hybridized carbons (Fsp3) is 0.200. The largest absolute Gasteiger partial charge is 0.330 e. The number of nitrogens with zero attached hydrogens (tertiary/aromatic N) is 2. The number of hydrogen-bond acceptors (Lipinski definition) is 2. The quantitative estimate of drug-likeness (QED) is 0.556. The van der Waals surface area contributed by atoms with Crippen LogP contribution in [-0.4, -0.2) is 16.7 Å². The van der Waals surface area contributed by atoms with Crippen molar-refractivity contribution in [2.24, 2.45) is 4.99 Å². The number of aliphatic imine (C=N–C) groups is 1. The molecule has 0 atom stereocenters. The van der Waals surface area contributed by atoms with Gasteiger partial charge in [0.2, 0.25) is 0 Å². The number of imidazole rings is 1. The number of aromatic nitrogens is 2. The van der Waals surface area contributed by atoms with E-state index >= 15 is 0 Å². The monoisotopic (exact) mass is 187 g/mol. The number of nitrogens with one attached hydrogen (secondary N) is 1. The van der Waals surface area contributed by atoms with Gasteiger partial charge in [-0.3, -0.25) is 0 Å². The molecule has 0 radical (unpaired) electrons. The average Bonchev–Trinajstić information content (AvgIpc) is 2.33. The molecule has 0 fully saturated rings. The Hall–Kier alpha value is -0.640. The van der Waals surface area contributed by atoms with Crippen molar-refractivity contribution in [1.29, 1.82) is 0 Å². The number of alkyl halides is 1. The van der Waals surface area contributed by atoms with Gasteiger partial charge in [0.25, 0.3) is 0 Å². The first-order valence-corrected chi connectivity index (χ1v) is 3.55. The highest BCUT2D eigenvalue weighted by Crippen LogP contribution is 2.14. The van der Waals surface area contributed by atoms with Crippen molar-refractivity contribution in [2.45, 2.75) is 5.33 Å². The number of halogens is 1. The van der Waals surface area contributed by atoms with Crippen LogP contribution in [0.5, 0.6) is 0 Å². The van der Waals surface area contributed by atoms with E-state index in [9.17, 15) is 0 Å². The van der Waals surface area contributed by atoms with E-state index in [2.05, 4.69) is 37.6 Å². The molecule has 0 unspecified atom stereocenters. The summed E-state index contributed by atoms with van der Waals surface area (Å²) in [7, 11) is 0. The van der Waals surface area contributed by atoms with Crippen molar-refractivity contribution in [1.82, 2.24) is 9.97 Å². The molecule has 1 heterocycles. The van der Waals surface area contributed by atoms with E-state index in [1.54, 1.807) is 6.33 Å². The first kappa shape index (κ1) is 6.48. The van der Waals surface area contributed by atoms with Crippen molar-refractivity contribution in [3.8, 4) is 0 Å². The standard InChI is InChI=1S/C5H6BrN3/c1-7-5-4(2-6)8-3-9-5/h3H,1-2H2,(H,8,9). The van der Waals surface area contributed by atoms with E-state index in [4.69, 9.17) is 0 Å². The van der Waals surface area contributed by atoms with Crippen LogP contribution in [0.15, 0.2) is 11.3 Å². The van der Waals surface area contributed by atoms with Gasteiger partial charge in [0.1, 0.15) is 0 Å². The van der Waals surface area contributed by atoms with Crippen LogP contribution in [0, 0.1) is 0 Å². The second kappa shape index (κ2) is 2.77. The number of hydrogen-bond donors (Lipinski definition) is 1. The van der Waals surface area contributed by atoms with Crippen molar-refractivity contribution < 1.29 is 0 Å². The van der Waals surface area contributed by atoms with Gasteiger partial charge in [-0.15, -0.1) is 0 Å². The second-order valence-electron chi connectivity index (χ2n) is 1.49. The lowest BCUT2D eigenvalue weighted by atomic mass is 10.5. The van der Waals surface area contributed by atoms with Gasteiger partial charge in [0.05, 0.1) is 12.0 Å². The fourth-order valence-electron chi connectivity index (χ4n) is 0.550. The summed E-state index contributed by atoms with van der Waals surface area (Å²) < 4.78 is 0.